The number of fused-ring (bicyclic) bond motifs is 1. The van der Waals surface area contributed by atoms with Gasteiger partial charge in [0.25, 0.3) is 5.56 Å². The van der Waals surface area contributed by atoms with Crippen LogP contribution in [-0.2, 0) is 6.54 Å². The summed E-state index contributed by atoms with van der Waals surface area (Å²) >= 11 is 0. The Labute approximate surface area is 113 Å². The Morgan fingerprint density at radius 3 is 2.70 bits per heavy atom. The lowest BCUT2D eigenvalue weighted by atomic mass is 10.2. The fourth-order valence-corrected chi connectivity index (χ4v) is 2.15. The number of H-pyrrole nitrogens is 1. The van der Waals surface area contributed by atoms with Crippen LogP contribution in [-0.4, -0.2) is 31.2 Å². The molecular formula is C13H13N5O2. The van der Waals surface area contributed by atoms with Gasteiger partial charge < -0.3 is 15.4 Å². The van der Waals surface area contributed by atoms with Crippen molar-refractivity contribution >= 4 is 17.1 Å². The molecular weight excluding hydrogens is 258 g/mol. The lowest BCUT2D eigenvalue weighted by Gasteiger charge is -2.06. The van der Waals surface area contributed by atoms with E-state index in [-0.39, 0.29) is 30.2 Å². The number of nitrogens with one attached hydrogen (secondary N) is 1. The summed E-state index contributed by atoms with van der Waals surface area (Å²) in [6, 6.07) is 9.42. The summed E-state index contributed by atoms with van der Waals surface area (Å²) in [5.74, 6) is 0.611. The molecule has 2 aromatic heterocycles. The Morgan fingerprint density at radius 1 is 1.25 bits per heavy atom. The van der Waals surface area contributed by atoms with E-state index in [0.717, 1.165) is 5.56 Å². The van der Waals surface area contributed by atoms with E-state index in [4.69, 9.17) is 5.73 Å². The van der Waals surface area contributed by atoms with Crippen LogP contribution in [0.1, 0.15) is 0 Å². The van der Waals surface area contributed by atoms with E-state index < -0.39 is 0 Å². The number of imidazole rings is 1. The molecule has 0 saturated heterocycles. The first-order chi connectivity index (χ1) is 9.70. The average Bonchev–Trinajstić information content (AvgIpc) is 2.80. The monoisotopic (exact) mass is 271 g/mol. The second kappa shape index (κ2) is 4.78. The van der Waals surface area contributed by atoms with Crippen molar-refractivity contribution in [3.63, 3.8) is 0 Å². The predicted molar refractivity (Wildman–Crippen MR) is 75.1 cm³/mol. The van der Waals surface area contributed by atoms with Crippen molar-refractivity contribution in [1.29, 1.82) is 0 Å². The van der Waals surface area contributed by atoms with Crippen molar-refractivity contribution in [3.8, 4) is 11.4 Å². The van der Waals surface area contributed by atoms with Gasteiger partial charge in [0.15, 0.2) is 11.2 Å². The number of rotatable bonds is 3. The van der Waals surface area contributed by atoms with Gasteiger partial charge in [0.1, 0.15) is 5.82 Å². The topological polar surface area (TPSA) is 110 Å². The maximum atomic E-state index is 11.9. The summed E-state index contributed by atoms with van der Waals surface area (Å²) in [6.07, 6.45) is 0. The van der Waals surface area contributed by atoms with Gasteiger partial charge in [-0.05, 0) is 0 Å². The summed E-state index contributed by atoms with van der Waals surface area (Å²) in [6.45, 7) is 0.205. The van der Waals surface area contributed by atoms with Crippen LogP contribution in [0.3, 0.4) is 0 Å². The molecule has 1 aromatic carbocycles. The third kappa shape index (κ3) is 1.94. The lowest BCUT2D eigenvalue weighted by molar-refractivity contribution is 0.278. The van der Waals surface area contributed by atoms with Crippen molar-refractivity contribution in [2.45, 2.75) is 6.54 Å². The zero-order valence-electron chi connectivity index (χ0n) is 10.6. The van der Waals surface area contributed by atoms with Crippen LogP contribution in [0.25, 0.3) is 22.6 Å². The highest BCUT2D eigenvalue weighted by Crippen LogP contribution is 2.22. The molecule has 3 rings (SSSR count). The van der Waals surface area contributed by atoms with Gasteiger partial charge in [0.2, 0.25) is 5.95 Å². The summed E-state index contributed by atoms with van der Waals surface area (Å²) in [4.78, 5) is 22.8. The van der Waals surface area contributed by atoms with Crippen molar-refractivity contribution in [3.05, 3.63) is 40.7 Å². The molecule has 0 radical (unpaired) electrons. The molecule has 4 N–H and O–H groups in total. The molecule has 0 aliphatic heterocycles. The number of aliphatic hydroxyl groups excluding tert-OH is 1. The Morgan fingerprint density at radius 2 is 2.00 bits per heavy atom. The van der Waals surface area contributed by atoms with Crippen LogP contribution in [0.5, 0.6) is 0 Å². The predicted octanol–water partition coefficient (Wildman–Crippen LogP) is 0.361. The third-order valence-electron chi connectivity index (χ3n) is 2.98. The Kier molecular flexibility index (Phi) is 2.96. The Hall–Kier alpha value is -2.67. The maximum Gasteiger partial charge on any atom is 0.280 e. The molecule has 0 unspecified atom stereocenters. The summed E-state index contributed by atoms with van der Waals surface area (Å²) in [5, 5.41) is 9.21. The molecule has 2 heterocycles. The Balaban J connectivity index is 2.35. The van der Waals surface area contributed by atoms with Crippen LogP contribution in [0.4, 0.5) is 5.95 Å². The number of nitrogens with two attached hydrogens (primary N) is 1. The van der Waals surface area contributed by atoms with E-state index in [2.05, 4.69) is 15.0 Å². The van der Waals surface area contributed by atoms with Gasteiger partial charge in [-0.2, -0.15) is 4.98 Å². The van der Waals surface area contributed by atoms with Gasteiger partial charge in [-0.15, -0.1) is 0 Å². The van der Waals surface area contributed by atoms with E-state index in [1.54, 1.807) is 4.57 Å². The van der Waals surface area contributed by atoms with Gasteiger partial charge in [0.05, 0.1) is 6.61 Å². The number of benzene rings is 1. The van der Waals surface area contributed by atoms with Gasteiger partial charge in [-0.25, -0.2) is 4.98 Å². The Bertz CT molecular complexity index is 807. The van der Waals surface area contributed by atoms with E-state index in [0.29, 0.717) is 11.5 Å². The summed E-state index contributed by atoms with van der Waals surface area (Å²) in [7, 11) is 0. The SMILES string of the molecule is Nc1nc2c(nc(-c3ccccc3)n2CCO)c(=O)[nH]1. The normalized spacial score (nSPS) is 11.1. The van der Waals surface area contributed by atoms with Crippen LogP contribution in [0.2, 0.25) is 0 Å². The molecule has 0 spiro atoms. The fourth-order valence-electron chi connectivity index (χ4n) is 2.15. The number of nitrogens with zero attached hydrogens (tertiary/aromatic N) is 3. The van der Waals surface area contributed by atoms with Crippen LogP contribution < -0.4 is 11.3 Å². The number of aliphatic hydroxyl groups is 1. The second-order valence-electron chi connectivity index (χ2n) is 4.30. The average molecular weight is 271 g/mol. The van der Waals surface area contributed by atoms with Gasteiger partial charge in [-0.3, -0.25) is 9.78 Å². The number of aromatic nitrogens is 4. The zero-order chi connectivity index (χ0) is 14.1. The minimum absolute atomic E-state index is 0.0289. The number of hydrogen-bond donors (Lipinski definition) is 3. The molecule has 7 heteroatoms. The van der Waals surface area contributed by atoms with E-state index in [1.165, 1.54) is 0 Å². The highest BCUT2D eigenvalue weighted by Gasteiger charge is 2.16. The minimum atomic E-state index is -0.388. The van der Waals surface area contributed by atoms with Crippen molar-refractivity contribution < 1.29 is 5.11 Å². The van der Waals surface area contributed by atoms with E-state index in [1.807, 2.05) is 30.3 Å². The number of aromatic amines is 1. The highest BCUT2D eigenvalue weighted by atomic mass is 16.3. The largest absolute Gasteiger partial charge is 0.395 e. The van der Waals surface area contributed by atoms with Crippen molar-refractivity contribution in [2.24, 2.45) is 0 Å². The highest BCUT2D eigenvalue weighted by molar-refractivity contribution is 5.77. The number of nitrogen functional groups attached to an aromatic ring is 1. The molecule has 102 valence electrons. The lowest BCUT2D eigenvalue weighted by Crippen LogP contribution is -2.12. The van der Waals surface area contributed by atoms with Crippen molar-refractivity contribution in [1.82, 2.24) is 19.5 Å². The van der Waals surface area contributed by atoms with Gasteiger partial charge >= 0.3 is 0 Å². The van der Waals surface area contributed by atoms with Crippen LogP contribution >= 0.6 is 0 Å². The fraction of sp³-hybridized carbons (Fsp3) is 0.154. The molecule has 0 saturated carbocycles. The first-order valence-corrected chi connectivity index (χ1v) is 6.13. The maximum absolute atomic E-state index is 11.9. The molecule has 20 heavy (non-hydrogen) atoms. The second-order valence-corrected chi connectivity index (χ2v) is 4.30. The van der Waals surface area contributed by atoms with E-state index in [9.17, 15) is 9.90 Å². The smallest absolute Gasteiger partial charge is 0.280 e. The molecule has 0 fully saturated rings. The molecule has 0 aliphatic rings. The molecule has 0 bridgehead atoms. The first kappa shape index (κ1) is 12.4. The van der Waals surface area contributed by atoms with E-state index >= 15 is 0 Å². The van der Waals surface area contributed by atoms with Crippen LogP contribution in [0.15, 0.2) is 35.1 Å². The summed E-state index contributed by atoms with van der Waals surface area (Å²) < 4.78 is 1.69. The van der Waals surface area contributed by atoms with Crippen LogP contribution in [0, 0.1) is 0 Å². The summed E-state index contributed by atoms with van der Waals surface area (Å²) in [5.41, 5.74) is 6.61. The molecule has 0 atom stereocenters. The van der Waals surface area contributed by atoms with Crippen molar-refractivity contribution in [2.75, 3.05) is 12.3 Å². The minimum Gasteiger partial charge on any atom is -0.395 e. The zero-order valence-corrected chi connectivity index (χ0v) is 10.6. The number of hydrogen-bond acceptors (Lipinski definition) is 5. The van der Waals surface area contributed by atoms with Gasteiger partial charge in [0, 0.05) is 12.1 Å². The van der Waals surface area contributed by atoms with Gasteiger partial charge in [-0.1, -0.05) is 30.3 Å². The first-order valence-electron chi connectivity index (χ1n) is 6.13. The molecule has 3 aromatic rings. The quantitative estimate of drug-likeness (QED) is 0.637. The molecule has 7 nitrogen and oxygen atoms in total. The number of anilines is 1. The molecule has 0 aliphatic carbocycles. The standard InChI is InChI=1S/C13H13N5O2/c14-13-16-11-9(12(20)17-13)15-10(18(11)6-7-19)8-4-2-1-3-5-8/h1-5,19H,6-7H2,(H3,14,16,17,20). The molecule has 0 amide bonds. The third-order valence-corrected chi connectivity index (χ3v) is 2.98.